The van der Waals surface area contributed by atoms with E-state index in [4.69, 9.17) is 15.6 Å². The lowest BCUT2D eigenvalue weighted by atomic mass is 9.62. The molecule has 4 aromatic rings. The number of anilines is 1. The van der Waals surface area contributed by atoms with Crippen molar-refractivity contribution >= 4 is 16.9 Å². The summed E-state index contributed by atoms with van der Waals surface area (Å²) >= 11 is 0. The SMILES string of the molecule is Nc1ncnc2c1c(-c1ccc(Oc3ccccc3)cn1)nn2C1CC2(CNC2)C1. The third kappa shape index (κ3) is 2.72. The lowest BCUT2D eigenvalue weighted by molar-refractivity contribution is 0.00414. The van der Waals surface area contributed by atoms with E-state index in [2.05, 4.69) is 20.3 Å². The molecule has 30 heavy (non-hydrogen) atoms. The van der Waals surface area contributed by atoms with Gasteiger partial charge in [-0.3, -0.25) is 4.98 Å². The molecular formula is C22H21N7O. The third-order valence-electron chi connectivity index (χ3n) is 6.16. The van der Waals surface area contributed by atoms with Crippen LogP contribution in [0.25, 0.3) is 22.4 Å². The Morgan fingerprint density at radius 2 is 1.83 bits per heavy atom. The van der Waals surface area contributed by atoms with Crippen LogP contribution >= 0.6 is 0 Å². The van der Waals surface area contributed by atoms with Gasteiger partial charge in [-0.05, 0) is 42.5 Å². The Bertz CT molecular complexity index is 1210. The summed E-state index contributed by atoms with van der Waals surface area (Å²) in [5, 5.41) is 9.03. The number of nitrogens with zero attached hydrogens (tertiary/aromatic N) is 5. The average Bonchev–Trinajstić information content (AvgIpc) is 3.08. The summed E-state index contributed by atoms with van der Waals surface area (Å²) in [7, 11) is 0. The Morgan fingerprint density at radius 1 is 1.00 bits per heavy atom. The minimum atomic E-state index is 0.332. The second kappa shape index (κ2) is 6.50. The molecule has 0 atom stereocenters. The van der Waals surface area contributed by atoms with Crippen molar-refractivity contribution in [3.8, 4) is 22.9 Å². The van der Waals surface area contributed by atoms with Gasteiger partial charge in [-0.1, -0.05) is 18.2 Å². The Kier molecular flexibility index (Phi) is 3.76. The van der Waals surface area contributed by atoms with Gasteiger partial charge in [0.15, 0.2) is 5.65 Å². The maximum absolute atomic E-state index is 6.22. The van der Waals surface area contributed by atoms with Crippen molar-refractivity contribution in [1.29, 1.82) is 0 Å². The highest BCUT2D eigenvalue weighted by Crippen LogP contribution is 2.51. The fourth-order valence-corrected chi connectivity index (χ4v) is 4.51. The second-order valence-electron chi connectivity index (χ2n) is 8.21. The number of para-hydroxylation sites is 1. The number of nitrogen functional groups attached to an aromatic ring is 1. The van der Waals surface area contributed by atoms with Crippen LogP contribution in [-0.2, 0) is 0 Å². The molecule has 8 nitrogen and oxygen atoms in total. The molecule has 1 saturated carbocycles. The van der Waals surface area contributed by atoms with E-state index in [0.29, 0.717) is 28.7 Å². The molecule has 1 saturated heterocycles. The molecule has 2 aliphatic rings. The highest BCUT2D eigenvalue weighted by Gasteiger charge is 2.50. The molecule has 3 N–H and O–H groups in total. The molecule has 6 rings (SSSR count). The Balaban J connectivity index is 1.35. The molecule has 1 aliphatic carbocycles. The predicted octanol–water partition coefficient (Wildman–Crippen LogP) is 3.19. The van der Waals surface area contributed by atoms with Crippen molar-refractivity contribution in [2.45, 2.75) is 18.9 Å². The molecule has 150 valence electrons. The molecule has 8 heteroatoms. The summed E-state index contributed by atoms with van der Waals surface area (Å²) in [4.78, 5) is 13.3. The Labute approximate surface area is 173 Å². The summed E-state index contributed by atoms with van der Waals surface area (Å²) in [5.74, 6) is 1.85. The number of nitrogens with one attached hydrogen (secondary N) is 1. The van der Waals surface area contributed by atoms with Gasteiger partial charge < -0.3 is 15.8 Å². The van der Waals surface area contributed by atoms with Gasteiger partial charge >= 0.3 is 0 Å². The summed E-state index contributed by atoms with van der Waals surface area (Å²) in [6.45, 7) is 2.19. The standard InChI is InChI=1S/C22H21N7O/c23-20-18-19(17-7-6-16(10-25-17)30-15-4-2-1-3-5-15)28-29(21(18)27-13-26-20)14-8-22(9-14)11-24-12-22/h1-7,10,13-14,24H,8-9,11-12H2,(H2,23,26,27). The van der Waals surface area contributed by atoms with Crippen LogP contribution in [0, 0.1) is 5.41 Å². The highest BCUT2D eigenvalue weighted by atomic mass is 16.5. The van der Waals surface area contributed by atoms with Crippen molar-refractivity contribution < 1.29 is 4.74 Å². The van der Waals surface area contributed by atoms with Crippen LogP contribution in [0.1, 0.15) is 18.9 Å². The maximum atomic E-state index is 6.22. The van der Waals surface area contributed by atoms with Crippen molar-refractivity contribution in [2.24, 2.45) is 5.41 Å². The molecule has 3 aromatic heterocycles. The average molecular weight is 399 g/mol. The van der Waals surface area contributed by atoms with Crippen LogP contribution < -0.4 is 15.8 Å². The number of rotatable bonds is 4. The van der Waals surface area contributed by atoms with E-state index >= 15 is 0 Å². The summed E-state index contributed by atoms with van der Waals surface area (Å²) in [6, 6.07) is 13.7. The largest absolute Gasteiger partial charge is 0.456 e. The van der Waals surface area contributed by atoms with Gasteiger partial charge in [-0.15, -0.1) is 0 Å². The first-order valence-corrected chi connectivity index (χ1v) is 10.1. The zero-order valence-corrected chi connectivity index (χ0v) is 16.3. The quantitative estimate of drug-likeness (QED) is 0.543. The first-order chi connectivity index (χ1) is 14.7. The Hall–Kier alpha value is -3.52. The van der Waals surface area contributed by atoms with Crippen molar-refractivity contribution in [3.05, 3.63) is 55.0 Å². The molecule has 4 heterocycles. The van der Waals surface area contributed by atoms with E-state index < -0.39 is 0 Å². The molecule has 0 amide bonds. The number of nitrogens with two attached hydrogens (primary N) is 1. The van der Waals surface area contributed by atoms with Crippen molar-refractivity contribution in [3.63, 3.8) is 0 Å². The smallest absolute Gasteiger partial charge is 0.164 e. The molecule has 0 radical (unpaired) electrons. The molecule has 1 aromatic carbocycles. The summed E-state index contributed by atoms with van der Waals surface area (Å²) < 4.78 is 7.86. The highest BCUT2D eigenvalue weighted by molar-refractivity contribution is 5.97. The summed E-state index contributed by atoms with van der Waals surface area (Å²) in [5.41, 5.74) is 8.87. The van der Waals surface area contributed by atoms with E-state index in [1.165, 1.54) is 6.33 Å². The zero-order valence-electron chi connectivity index (χ0n) is 16.3. The van der Waals surface area contributed by atoms with Gasteiger partial charge in [0.2, 0.25) is 0 Å². The molecular weight excluding hydrogens is 378 g/mol. The first kappa shape index (κ1) is 17.3. The lowest BCUT2D eigenvalue weighted by Crippen LogP contribution is -2.60. The van der Waals surface area contributed by atoms with Gasteiger partial charge in [0.05, 0.1) is 23.3 Å². The topological polar surface area (TPSA) is 104 Å². The molecule has 1 aliphatic heterocycles. The van der Waals surface area contributed by atoms with Crippen LogP contribution in [0.2, 0.25) is 0 Å². The number of fused-ring (bicyclic) bond motifs is 1. The van der Waals surface area contributed by atoms with E-state index in [9.17, 15) is 0 Å². The van der Waals surface area contributed by atoms with E-state index in [1.54, 1.807) is 6.20 Å². The normalized spacial score (nSPS) is 17.6. The van der Waals surface area contributed by atoms with Gasteiger partial charge in [0.1, 0.15) is 29.3 Å². The minimum Gasteiger partial charge on any atom is -0.456 e. The zero-order chi connectivity index (χ0) is 20.1. The van der Waals surface area contributed by atoms with Crippen LogP contribution in [0.4, 0.5) is 5.82 Å². The number of benzene rings is 1. The number of hydrogen-bond donors (Lipinski definition) is 2. The van der Waals surface area contributed by atoms with Gasteiger partial charge in [-0.2, -0.15) is 5.10 Å². The van der Waals surface area contributed by atoms with Gasteiger partial charge in [0, 0.05) is 13.1 Å². The number of pyridine rings is 1. The number of aromatic nitrogens is 5. The molecule has 2 fully saturated rings. The van der Waals surface area contributed by atoms with Gasteiger partial charge in [0.25, 0.3) is 0 Å². The van der Waals surface area contributed by atoms with Crippen LogP contribution in [0.15, 0.2) is 55.0 Å². The molecule has 0 bridgehead atoms. The van der Waals surface area contributed by atoms with E-state index in [0.717, 1.165) is 48.4 Å². The van der Waals surface area contributed by atoms with E-state index in [-0.39, 0.29) is 0 Å². The number of hydrogen-bond acceptors (Lipinski definition) is 7. The minimum absolute atomic E-state index is 0.332. The van der Waals surface area contributed by atoms with Crippen molar-refractivity contribution in [2.75, 3.05) is 18.8 Å². The molecule has 1 spiro atoms. The number of ether oxygens (including phenoxy) is 1. The Morgan fingerprint density at radius 3 is 2.53 bits per heavy atom. The lowest BCUT2D eigenvalue weighted by Gasteiger charge is -2.54. The maximum Gasteiger partial charge on any atom is 0.164 e. The van der Waals surface area contributed by atoms with Crippen LogP contribution in [0.5, 0.6) is 11.5 Å². The predicted molar refractivity (Wildman–Crippen MR) is 113 cm³/mol. The first-order valence-electron chi connectivity index (χ1n) is 10.1. The fourth-order valence-electron chi connectivity index (χ4n) is 4.51. The monoisotopic (exact) mass is 399 g/mol. The van der Waals surface area contributed by atoms with Crippen LogP contribution in [-0.4, -0.2) is 37.8 Å². The second-order valence-corrected chi connectivity index (χ2v) is 8.21. The molecule has 0 unspecified atom stereocenters. The van der Waals surface area contributed by atoms with Crippen LogP contribution in [0.3, 0.4) is 0 Å². The van der Waals surface area contributed by atoms with Crippen molar-refractivity contribution in [1.82, 2.24) is 30.0 Å². The third-order valence-corrected chi connectivity index (χ3v) is 6.16. The van der Waals surface area contributed by atoms with E-state index in [1.807, 2.05) is 47.1 Å². The fraction of sp³-hybridized carbons (Fsp3) is 0.273. The summed E-state index contributed by atoms with van der Waals surface area (Å²) in [6.07, 6.45) is 5.42. The van der Waals surface area contributed by atoms with Gasteiger partial charge in [-0.25, -0.2) is 14.6 Å².